The van der Waals surface area contributed by atoms with E-state index < -0.39 is 59.7 Å². The van der Waals surface area contributed by atoms with Gasteiger partial charge in [-0.3, -0.25) is 24.0 Å². The van der Waals surface area contributed by atoms with Crippen LogP contribution in [0.2, 0.25) is 0 Å². The van der Waals surface area contributed by atoms with Gasteiger partial charge in [0.25, 0.3) is 0 Å². The highest BCUT2D eigenvalue weighted by Gasteiger charge is 2.36. The van der Waals surface area contributed by atoms with Crippen LogP contribution in [0.25, 0.3) is 0 Å². The van der Waals surface area contributed by atoms with E-state index in [1.807, 2.05) is 71.9 Å². The molecule has 0 spiro atoms. The summed E-state index contributed by atoms with van der Waals surface area (Å²) in [5, 5.41) is 14.2. The first kappa shape index (κ1) is 34.8. The minimum absolute atomic E-state index is 0.0681. The third-order valence-electron chi connectivity index (χ3n) is 7.72. The van der Waals surface area contributed by atoms with Gasteiger partial charge in [-0.2, -0.15) is 0 Å². The zero-order valence-corrected chi connectivity index (χ0v) is 26.5. The van der Waals surface area contributed by atoms with Gasteiger partial charge in [0.2, 0.25) is 29.5 Å². The van der Waals surface area contributed by atoms with Crippen LogP contribution in [-0.4, -0.2) is 59.7 Å². The second-order valence-electron chi connectivity index (χ2n) is 12.7. The largest absolute Gasteiger partial charge is 0.343 e. The highest BCUT2D eigenvalue weighted by molar-refractivity contribution is 5.98. The Morgan fingerprint density at radius 1 is 0.571 bits per heavy atom. The van der Waals surface area contributed by atoms with E-state index >= 15 is 0 Å². The zero-order valence-electron chi connectivity index (χ0n) is 26.5. The van der Waals surface area contributed by atoms with E-state index in [2.05, 4.69) is 26.6 Å². The van der Waals surface area contributed by atoms with Gasteiger partial charge in [0.1, 0.15) is 30.2 Å². The van der Waals surface area contributed by atoms with Crippen molar-refractivity contribution in [3.8, 4) is 0 Å². The molecular formula is C32H51N5O5. The van der Waals surface area contributed by atoms with Crippen LogP contribution in [0, 0.1) is 23.7 Å². The van der Waals surface area contributed by atoms with E-state index in [9.17, 15) is 24.0 Å². The van der Waals surface area contributed by atoms with Gasteiger partial charge in [0.05, 0.1) is 0 Å². The molecule has 10 nitrogen and oxygen atoms in total. The monoisotopic (exact) mass is 585 g/mol. The third-order valence-corrected chi connectivity index (χ3v) is 7.72. The lowest BCUT2D eigenvalue weighted by atomic mass is 9.96. The number of benzene rings is 1. The van der Waals surface area contributed by atoms with Gasteiger partial charge in [-0.05, 0) is 42.1 Å². The minimum Gasteiger partial charge on any atom is -0.343 e. The van der Waals surface area contributed by atoms with Crippen LogP contribution >= 0.6 is 0 Å². The number of rotatable bonds is 9. The van der Waals surface area contributed by atoms with Gasteiger partial charge in [0, 0.05) is 6.42 Å². The number of amides is 5. The maximum atomic E-state index is 13.7. The molecule has 5 N–H and O–H groups in total. The highest BCUT2D eigenvalue weighted by atomic mass is 16.2. The Morgan fingerprint density at radius 3 is 1.45 bits per heavy atom. The predicted molar refractivity (Wildman–Crippen MR) is 163 cm³/mol. The Hall–Kier alpha value is -3.43. The molecular weight excluding hydrogens is 534 g/mol. The van der Waals surface area contributed by atoms with Crippen LogP contribution in [0.5, 0.6) is 0 Å². The third kappa shape index (κ3) is 10.4. The molecule has 234 valence electrons. The van der Waals surface area contributed by atoms with Gasteiger partial charge in [-0.25, -0.2) is 0 Å². The number of hydrogen-bond acceptors (Lipinski definition) is 5. The summed E-state index contributed by atoms with van der Waals surface area (Å²) < 4.78 is 0. The van der Waals surface area contributed by atoms with Gasteiger partial charge in [-0.15, -0.1) is 0 Å². The van der Waals surface area contributed by atoms with Crippen molar-refractivity contribution in [3.05, 3.63) is 35.9 Å². The molecule has 5 amide bonds. The molecule has 1 saturated heterocycles. The van der Waals surface area contributed by atoms with E-state index in [4.69, 9.17) is 0 Å². The smallest absolute Gasteiger partial charge is 0.243 e. The van der Waals surface area contributed by atoms with Gasteiger partial charge in [0.15, 0.2) is 0 Å². The Morgan fingerprint density at radius 2 is 1.00 bits per heavy atom. The van der Waals surface area contributed by atoms with Crippen molar-refractivity contribution in [1.82, 2.24) is 26.6 Å². The lowest BCUT2D eigenvalue weighted by Crippen LogP contribution is -2.59. The van der Waals surface area contributed by atoms with Crippen LogP contribution in [0.15, 0.2) is 30.3 Å². The van der Waals surface area contributed by atoms with Crippen molar-refractivity contribution >= 4 is 29.5 Å². The van der Waals surface area contributed by atoms with Crippen LogP contribution in [-0.2, 0) is 30.4 Å². The minimum atomic E-state index is -0.998. The van der Waals surface area contributed by atoms with Crippen molar-refractivity contribution in [1.29, 1.82) is 0 Å². The molecule has 1 unspecified atom stereocenters. The standard InChI is InChI=1S/C32H51N5O5/c1-9-21(8)16-24-28(38)33-25(17-22-13-11-10-12-14-22)30(40)37-26(19(4)5)31(41)34-23(15-18(2)3)29(39)36-27(20(6)7)32(42)35-24/h10-14,18-21,23-27H,9,15-17H2,1-8H3,(H,33,38)(H,34,41)(H,35,42)(H,36,39)(H,37,40)/t21?,23-,24-,25-,26-,27-/m0/s1. The normalized spacial score (nSPS) is 25.6. The molecule has 0 aliphatic carbocycles. The van der Waals surface area contributed by atoms with Crippen LogP contribution in [0.4, 0.5) is 0 Å². The molecule has 1 heterocycles. The molecule has 6 atom stereocenters. The summed E-state index contributed by atoms with van der Waals surface area (Å²) >= 11 is 0. The Balaban J connectivity index is 2.59. The fourth-order valence-electron chi connectivity index (χ4n) is 4.94. The summed E-state index contributed by atoms with van der Waals surface area (Å²) in [5.41, 5.74) is 0.829. The van der Waals surface area contributed by atoms with Crippen molar-refractivity contribution in [2.75, 3.05) is 0 Å². The fourth-order valence-corrected chi connectivity index (χ4v) is 4.94. The Bertz CT molecular complexity index is 1070. The molecule has 1 aliphatic heterocycles. The summed E-state index contributed by atoms with van der Waals surface area (Å²) in [6.45, 7) is 15.1. The van der Waals surface area contributed by atoms with E-state index in [-0.39, 0.29) is 30.1 Å². The number of nitrogens with one attached hydrogen (secondary N) is 5. The number of hydrogen-bond donors (Lipinski definition) is 5. The topological polar surface area (TPSA) is 146 Å². The van der Waals surface area contributed by atoms with E-state index in [0.717, 1.165) is 12.0 Å². The molecule has 1 aromatic rings. The van der Waals surface area contributed by atoms with Crippen molar-refractivity contribution in [3.63, 3.8) is 0 Å². The maximum Gasteiger partial charge on any atom is 0.243 e. The van der Waals surface area contributed by atoms with Crippen LogP contribution in [0.1, 0.15) is 80.2 Å². The Labute approximate surface area is 250 Å². The van der Waals surface area contributed by atoms with Crippen LogP contribution in [0.3, 0.4) is 0 Å². The summed E-state index contributed by atoms with van der Waals surface area (Å²) in [6.07, 6.45) is 1.69. The molecule has 0 radical (unpaired) electrons. The van der Waals surface area contributed by atoms with E-state index in [0.29, 0.717) is 12.8 Å². The predicted octanol–water partition coefficient (Wildman–Crippen LogP) is 2.46. The molecule has 2 rings (SSSR count). The lowest BCUT2D eigenvalue weighted by Gasteiger charge is -2.29. The quantitative estimate of drug-likeness (QED) is 0.302. The van der Waals surface area contributed by atoms with E-state index in [1.54, 1.807) is 13.8 Å². The zero-order chi connectivity index (χ0) is 31.6. The fraction of sp³-hybridized carbons (Fsp3) is 0.656. The summed E-state index contributed by atoms with van der Waals surface area (Å²) in [6, 6.07) is 4.58. The SMILES string of the molecule is CCC(C)C[C@@H]1NC(=O)[C@H](C(C)C)NC(=O)[C@H](CC(C)C)NC(=O)[C@H](C(C)C)NC(=O)[C@H](Cc2ccccc2)NC1=O. The van der Waals surface area contributed by atoms with Crippen LogP contribution < -0.4 is 26.6 Å². The first-order valence-electron chi connectivity index (χ1n) is 15.3. The molecule has 1 aromatic carbocycles. The van der Waals surface area contributed by atoms with Crippen molar-refractivity contribution in [2.45, 2.75) is 111 Å². The number of carbonyl (C=O) groups excluding carboxylic acids is 5. The molecule has 0 saturated carbocycles. The Kier molecular flexibility index (Phi) is 13.5. The van der Waals surface area contributed by atoms with Gasteiger partial charge in [-0.1, -0.05) is 92.1 Å². The summed E-state index contributed by atoms with van der Waals surface area (Å²) in [5.74, 6) is -2.90. The molecule has 0 bridgehead atoms. The lowest BCUT2D eigenvalue weighted by molar-refractivity contribution is -0.135. The van der Waals surface area contributed by atoms with Gasteiger partial charge >= 0.3 is 0 Å². The molecule has 1 aliphatic rings. The van der Waals surface area contributed by atoms with Gasteiger partial charge < -0.3 is 26.6 Å². The maximum absolute atomic E-state index is 13.7. The average Bonchev–Trinajstić information content (AvgIpc) is 2.92. The van der Waals surface area contributed by atoms with Crippen molar-refractivity contribution in [2.24, 2.45) is 23.7 Å². The second kappa shape index (κ2) is 16.3. The second-order valence-corrected chi connectivity index (χ2v) is 12.7. The molecule has 42 heavy (non-hydrogen) atoms. The molecule has 10 heteroatoms. The first-order valence-corrected chi connectivity index (χ1v) is 15.3. The molecule has 1 fully saturated rings. The summed E-state index contributed by atoms with van der Waals surface area (Å²) in [4.78, 5) is 68.0. The molecule has 0 aromatic heterocycles. The number of carbonyl (C=O) groups is 5. The van der Waals surface area contributed by atoms with E-state index in [1.165, 1.54) is 0 Å². The first-order chi connectivity index (χ1) is 19.7. The van der Waals surface area contributed by atoms with Crippen molar-refractivity contribution < 1.29 is 24.0 Å². The highest BCUT2D eigenvalue weighted by Crippen LogP contribution is 2.15. The average molecular weight is 586 g/mol. The summed E-state index contributed by atoms with van der Waals surface area (Å²) in [7, 11) is 0.